The molecular formula is C26H23FN2O5S. The molecule has 1 fully saturated rings. The lowest BCUT2D eigenvalue weighted by Crippen LogP contribution is -2.39. The number of aromatic nitrogens is 1. The highest BCUT2D eigenvalue weighted by atomic mass is 32.1. The highest BCUT2D eigenvalue weighted by molar-refractivity contribution is 7.22. The molecule has 9 heteroatoms. The Balaban J connectivity index is 1.52. The van der Waals surface area contributed by atoms with Crippen molar-refractivity contribution in [2.24, 2.45) is 5.92 Å². The molecule has 2 aliphatic heterocycles. The number of aromatic hydroxyl groups is 1. The van der Waals surface area contributed by atoms with E-state index in [1.165, 1.54) is 34.4 Å². The maximum absolute atomic E-state index is 13.8. The maximum Gasteiger partial charge on any atom is 0.296 e. The van der Waals surface area contributed by atoms with Gasteiger partial charge in [-0.15, -0.1) is 0 Å². The second kappa shape index (κ2) is 8.34. The van der Waals surface area contributed by atoms with E-state index in [1.807, 2.05) is 0 Å². The van der Waals surface area contributed by atoms with Crippen molar-refractivity contribution in [3.05, 3.63) is 59.1 Å². The first-order valence-electron chi connectivity index (χ1n) is 11.8. The number of Topliss-reactive ketones (excluding diaryl/α,β-unsaturated/α-hetero) is 1. The first kappa shape index (κ1) is 22.0. The summed E-state index contributed by atoms with van der Waals surface area (Å²) in [5, 5.41) is 10.6. The van der Waals surface area contributed by atoms with E-state index in [1.54, 1.807) is 25.1 Å². The normalized spacial score (nSPS) is 23.9. The van der Waals surface area contributed by atoms with Crippen LogP contribution < -0.4 is 9.64 Å². The molecule has 0 radical (unpaired) electrons. The van der Waals surface area contributed by atoms with Crippen molar-refractivity contribution in [3.63, 3.8) is 0 Å². The third-order valence-electron chi connectivity index (χ3n) is 6.91. The van der Waals surface area contributed by atoms with Crippen LogP contribution in [0.1, 0.15) is 44.2 Å². The molecule has 3 atom stereocenters. The number of thiazole rings is 1. The van der Waals surface area contributed by atoms with Crippen LogP contribution in [0.4, 0.5) is 9.52 Å². The summed E-state index contributed by atoms with van der Waals surface area (Å²) >= 11 is 1.18. The Morgan fingerprint density at radius 3 is 2.86 bits per heavy atom. The Kier molecular flexibility index (Phi) is 5.25. The minimum absolute atomic E-state index is 0.0327. The molecule has 35 heavy (non-hydrogen) atoms. The lowest BCUT2D eigenvalue weighted by molar-refractivity contribution is -0.131. The number of ether oxygens (including phenoxy) is 2. The van der Waals surface area contributed by atoms with Crippen molar-refractivity contribution < 1.29 is 28.6 Å². The summed E-state index contributed by atoms with van der Waals surface area (Å²) in [5.41, 5.74) is 1.47. The van der Waals surface area contributed by atoms with Crippen LogP contribution in [0.5, 0.6) is 11.5 Å². The zero-order chi connectivity index (χ0) is 24.3. The number of halogens is 1. The van der Waals surface area contributed by atoms with Crippen LogP contribution in [0.25, 0.3) is 10.2 Å². The monoisotopic (exact) mass is 494 g/mol. The van der Waals surface area contributed by atoms with Crippen molar-refractivity contribution >= 4 is 38.4 Å². The minimum atomic E-state index is -0.793. The first-order valence-corrected chi connectivity index (χ1v) is 12.6. The van der Waals surface area contributed by atoms with E-state index < -0.39 is 17.8 Å². The number of phenolic OH excluding ortho intramolecular Hbond substituents is 1. The molecule has 180 valence electrons. The van der Waals surface area contributed by atoms with E-state index in [2.05, 4.69) is 4.98 Å². The number of benzene rings is 2. The Labute approximate surface area is 204 Å². The zero-order valence-electron chi connectivity index (χ0n) is 19.0. The van der Waals surface area contributed by atoms with E-state index in [0.717, 1.165) is 25.7 Å². The molecule has 7 nitrogen and oxygen atoms in total. The van der Waals surface area contributed by atoms with Crippen molar-refractivity contribution in [1.29, 1.82) is 0 Å². The van der Waals surface area contributed by atoms with Gasteiger partial charge in [0, 0.05) is 0 Å². The number of phenols is 1. The van der Waals surface area contributed by atoms with E-state index in [-0.39, 0.29) is 35.1 Å². The van der Waals surface area contributed by atoms with Gasteiger partial charge < -0.3 is 14.6 Å². The molecule has 0 bridgehead atoms. The van der Waals surface area contributed by atoms with Gasteiger partial charge in [0.05, 0.1) is 34.4 Å². The number of ketones is 1. The quantitative estimate of drug-likeness (QED) is 0.547. The second-order valence-electron chi connectivity index (χ2n) is 9.00. The number of hydrogen-bond acceptors (Lipinski definition) is 7. The lowest BCUT2D eigenvalue weighted by atomic mass is 9.77. The van der Waals surface area contributed by atoms with Gasteiger partial charge in [-0.25, -0.2) is 9.37 Å². The molecule has 0 spiro atoms. The molecule has 2 aromatic carbocycles. The molecule has 6 rings (SSSR count). The van der Waals surface area contributed by atoms with Gasteiger partial charge in [-0.05, 0) is 62.1 Å². The number of nitrogens with zero attached hydrogens (tertiary/aromatic N) is 2. The molecule has 3 aromatic rings. The van der Waals surface area contributed by atoms with E-state index in [9.17, 15) is 19.1 Å². The van der Waals surface area contributed by atoms with E-state index in [0.29, 0.717) is 33.1 Å². The minimum Gasteiger partial charge on any atom is -0.504 e. The fraction of sp³-hybridized carbons (Fsp3) is 0.346. The molecule has 1 N–H and O–H groups in total. The smallest absolute Gasteiger partial charge is 0.296 e. The molecular weight excluding hydrogens is 471 g/mol. The van der Waals surface area contributed by atoms with Crippen LogP contribution in [-0.4, -0.2) is 34.5 Å². The molecule has 1 amide bonds. The third-order valence-corrected chi connectivity index (χ3v) is 7.93. The molecule has 1 aliphatic carbocycles. The number of hydrogen-bond donors (Lipinski definition) is 1. The van der Waals surface area contributed by atoms with Gasteiger partial charge in [0.15, 0.2) is 28.2 Å². The lowest BCUT2D eigenvalue weighted by Gasteiger charge is -2.35. The number of fused-ring (bicyclic) bond motifs is 2. The van der Waals surface area contributed by atoms with E-state index in [4.69, 9.17) is 9.47 Å². The van der Waals surface area contributed by atoms with Crippen LogP contribution in [0.3, 0.4) is 0 Å². The molecule has 1 aromatic heterocycles. The fourth-order valence-corrected chi connectivity index (χ4v) is 6.34. The van der Waals surface area contributed by atoms with Crippen LogP contribution in [0.2, 0.25) is 0 Å². The topological polar surface area (TPSA) is 89.0 Å². The summed E-state index contributed by atoms with van der Waals surface area (Å²) in [6.07, 6.45) is 3.05. The molecule has 3 heterocycles. The third kappa shape index (κ3) is 3.48. The predicted molar refractivity (Wildman–Crippen MR) is 128 cm³/mol. The molecule has 3 unspecified atom stereocenters. The zero-order valence-corrected chi connectivity index (χ0v) is 19.8. The summed E-state index contributed by atoms with van der Waals surface area (Å²) in [5.74, 6) is -0.891. The maximum atomic E-state index is 13.8. The van der Waals surface area contributed by atoms with Crippen molar-refractivity contribution in [1.82, 2.24) is 4.98 Å². The Morgan fingerprint density at radius 2 is 2.03 bits per heavy atom. The number of amides is 1. The van der Waals surface area contributed by atoms with Crippen molar-refractivity contribution in [3.8, 4) is 11.5 Å². The predicted octanol–water partition coefficient (Wildman–Crippen LogP) is 5.04. The summed E-state index contributed by atoms with van der Waals surface area (Å²) in [6, 6.07) is 8.29. The molecule has 0 saturated heterocycles. The van der Waals surface area contributed by atoms with Gasteiger partial charge >= 0.3 is 0 Å². The molecule has 1 saturated carbocycles. The van der Waals surface area contributed by atoms with Gasteiger partial charge in [0.2, 0.25) is 0 Å². The van der Waals surface area contributed by atoms with Gasteiger partial charge in [-0.2, -0.15) is 0 Å². The van der Waals surface area contributed by atoms with Gasteiger partial charge in [0.1, 0.15) is 11.9 Å². The highest BCUT2D eigenvalue weighted by Crippen LogP contribution is 2.50. The standard InChI is InChI=1S/C26H23FN2O5S/c1-2-33-19-11-13(7-10-17(19)30)22-21-23(31)15-5-3-4-6-18(15)34-24(21)25(32)29(22)26-28-16-9-8-14(27)12-20(16)35-26/h7-12,15,18,22,30H,2-6H2,1H3. The average molecular weight is 495 g/mol. The fourth-order valence-electron chi connectivity index (χ4n) is 5.32. The summed E-state index contributed by atoms with van der Waals surface area (Å²) in [4.78, 5) is 33.6. The van der Waals surface area contributed by atoms with E-state index >= 15 is 0 Å². The van der Waals surface area contributed by atoms with Crippen LogP contribution in [0.15, 0.2) is 47.7 Å². The van der Waals surface area contributed by atoms with Crippen LogP contribution in [-0.2, 0) is 14.3 Å². The van der Waals surface area contributed by atoms with Crippen molar-refractivity contribution in [2.75, 3.05) is 11.5 Å². The average Bonchev–Trinajstić information content (AvgIpc) is 3.39. The van der Waals surface area contributed by atoms with Crippen LogP contribution >= 0.6 is 11.3 Å². The van der Waals surface area contributed by atoms with Crippen molar-refractivity contribution in [2.45, 2.75) is 44.8 Å². The van der Waals surface area contributed by atoms with Gasteiger partial charge in [0.25, 0.3) is 5.91 Å². The summed E-state index contributed by atoms with van der Waals surface area (Å²) < 4.78 is 26.2. The summed E-state index contributed by atoms with van der Waals surface area (Å²) in [7, 11) is 0. The van der Waals surface area contributed by atoms with Crippen LogP contribution in [0, 0.1) is 11.7 Å². The molecule has 3 aliphatic rings. The number of carbonyl (C=O) groups excluding carboxylic acids is 2. The van der Waals surface area contributed by atoms with Gasteiger partial charge in [-0.3, -0.25) is 14.5 Å². The summed E-state index contributed by atoms with van der Waals surface area (Å²) in [6.45, 7) is 2.15. The largest absolute Gasteiger partial charge is 0.504 e. The highest BCUT2D eigenvalue weighted by Gasteiger charge is 2.53. The Bertz CT molecular complexity index is 1400. The number of anilines is 1. The number of carbonyl (C=O) groups is 2. The second-order valence-corrected chi connectivity index (χ2v) is 10.0. The number of rotatable bonds is 4. The Morgan fingerprint density at radius 1 is 1.20 bits per heavy atom. The SMILES string of the molecule is CCOc1cc(C2C3=C(OC4CCCCC4C3=O)C(=O)N2c2nc3ccc(F)cc3s2)ccc1O. The van der Waals surface area contributed by atoms with Gasteiger partial charge in [-0.1, -0.05) is 23.8 Å². The Hall–Kier alpha value is -3.46. The first-order chi connectivity index (χ1) is 17.0.